The van der Waals surface area contributed by atoms with E-state index < -0.39 is 0 Å². The molecule has 0 N–H and O–H groups in total. The fraction of sp³-hybridized carbons (Fsp3) is 0.300. The third kappa shape index (κ3) is 1.32. The molecular weight excluding hydrogens is 136 g/mol. The highest BCUT2D eigenvalue weighted by Crippen LogP contribution is 2.28. The number of hydrogen-bond donors (Lipinski definition) is 0. The first-order chi connectivity index (χ1) is 5.16. The zero-order valence-corrected chi connectivity index (χ0v) is 6.81. The van der Waals surface area contributed by atoms with Gasteiger partial charge in [-0.2, -0.15) is 0 Å². The standard InChI is InChI=1S/C10H12O/c1-4-5-9-8(3)7(2)6-10(9)11/h4H,1-2,5-6H2,3H3. The van der Waals surface area contributed by atoms with Gasteiger partial charge < -0.3 is 0 Å². The smallest absolute Gasteiger partial charge is 0.163 e. The minimum atomic E-state index is 0.215. The van der Waals surface area contributed by atoms with E-state index in [-0.39, 0.29) is 5.78 Å². The lowest BCUT2D eigenvalue weighted by molar-refractivity contribution is -0.114. The zero-order chi connectivity index (χ0) is 8.43. The largest absolute Gasteiger partial charge is 0.294 e. The monoisotopic (exact) mass is 148 g/mol. The molecule has 1 nitrogen and oxygen atoms in total. The van der Waals surface area contributed by atoms with Crippen molar-refractivity contribution in [2.45, 2.75) is 19.8 Å². The van der Waals surface area contributed by atoms with Gasteiger partial charge in [0, 0.05) is 12.0 Å². The van der Waals surface area contributed by atoms with E-state index in [1.54, 1.807) is 6.08 Å². The number of carbonyl (C=O) groups excluding carboxylic acids is 1. The van der Waals surface area contributed by atoms with Crippen molar-refractivity contribution in [3.05, 3.63) is 36.0 Å². The molecule has 1 rings (SSSR count). The van der Waals surface area contributed by atoms with Crippen LogP contribution in [0.15, 0.2) is 36.0 Å². The van der Waals surface area contributed by atoms with E-state index in [1.165, 1.54) is 0 Å². The van der Waals surface area contributed by atoms with Crippen molar-refractivity contribution in [2.75, 3.05) is 0 Å². The van der Waals surface area contributed by atoms with E-state index in [0.717, 1.165) is 16.7 Å². The summed E-state index contributed by atoms with van der Waals surface area (Å²) in [4.78, 5) is 11.2. The van der Waals surface area contributed by atoms with Gasteiger partial charge >= 0.3 is 0 Å². The molecule has 0 fully saturated rings. The topological polar surface area (TPSA) is 17.1 Å². The normalized spacial score (nSPS) is 17.9. The molecule has 0 atom stereocenters. The van der Waals surface area contributed by atoms with Gasteiger partial charge in [-0.3, -0.25) is 4.79 Å². The van der Waals surface area contributed by atoms with Gasteiger partial charge in [-0.05, 0) is 24.5 Å². The lowest BCUT2D eigenvalue weighted by Crippen LogP contribution is -1.94. The maximum atomic E-state index is 11.2. The lowest BCUT2D eigenvalue weighted by atomic mass is 10.1. The van der Waals surface area contributed by atoms with Crippen LogP contribution in [0.1, 0.15) is 19.8 Å². The number of ketones is 1. The zero-order valence-electron chi connectivity index (χ0n) is 6.81. The summed E-state index contributed by atoms with van der Waals surface area (Å²) in [6.07, 6.45) is 2.95. The van der Waals surface area contributed by atoms with Gasteiger partial charge in [-0.1, -0.05) is 12.7 Å². The van der Waals surface area contributed by atoms with Crippen LogP contribution < -0.4 is 0 Å². The molecule has 1 heteroatoms. The van der Waals surface area contributed by atoms with Crippen LogP contribution in [-0.4, -0.2) is 5.78 Å². The van der Waals surface area contributed by atoms with Crippen LogP contribution in [0.25, 0.3) is 0 Å². The van der Waals surface area contributed by atoms with Crippen LogP contribution in [0, 0.1) is 0 Å². The van der Waals surface area contributed by atoms with Crippen LogP contribution in [0.4, 0.5) is 0 Å². The molecule has 0 saturated carbocycles. The van der Waals surface area contributed by atoms with Crippen LogP contribution in [0.2, 0.25) is 0 Å². The quantitative estimate of drug-likeness (QED) is 0.549. The molecule has 0 aromatic heterocycles. The van der Waals surface area contributed by atoms with Crippen molar-refractivity contribution in [2.24, 2.45) is 0 Å². The fourth-order valence-electron chi connectivity index (χ4n) is 1.27. The Hall–Kier alpha value is -1.11. The molecular formula is C10H12O. The van der Waals surface area contributed by atoms with E-state index >= 15 is 0 Å². The van der Waals surface area contributed by atoms with Crippen LogP contribution in [-0.2, 0) is 4.79 Å². The molecule has 0 amide bonds. The second kappa shape index (κ2) is 2.87. The number of rotatable bonds is 2. The third-order valence-electron chi connectivity index (χ3n) is 2.04. The molecule has 0 radical (unpaired) electrons. The highest BCUT2D eigenvalue weighted by molar-refractivity contribution is 6.02. The molecule has 0 aliphatic heterocycles. The van der Waals surface area contributed by atoms with Crippen molar-refractivity contribution >= 4 is 5.78 Å². The van der Waals surface area contributed by atoms with Crippen molar-refractivity contribution in [3.63, 3.8) is 0 Å². The molecule has 11 heavy (non-hydrogen) atoms. The van der Waals surface area contributed by atoms with Crippen molar-refractivity contribution in [1.29, 1.82) is 0 Å². The van der Waals surface area contributed by atoms with Crippen LogP contribution in [0.3, 0.4) is 0 Å². The second-order valence-electron chi connectivity index (χ2n) is 2.80. The number of Topliss-reactive ketones (excluding diaryl/α,β-unsaturated/α-hetero) is 1. The van der Waals surface area contributed by atoms with Crippen molar-refractivity contribution in [3.8, 4) is 0 Å². The minimum absolute atomic E-state index is 0.215. The maximum Gasteiger partial charge on any atom is 0.163 e. The first-order valence-electron chi connectivity index (χ1n) is 3.68. The van der Waals surface area contributed by atoms with Gasteiger partial charge in [0.1, 0.15) is 0 Å². The number of allylic oxidation sites excluding steroid dienone is 4. The van der Waals surface area contributed by atoms with Crippen molar-refractivity contribution < 1.29 is 4.79 Å². The van der Waals surface area contributed by atoms with Gasteiger partial charge in [0.15, 0.2) is 5.78 Å². The molecule has 0 aromatic rings. The number of carbonyl (C=O) groups is 1. The Labute approximate surface area is 67.1 Å². The highest BCUT2D eigenvalue weighted by Gasteiger charge is 2.21. The Balaban J connectivity index is 2.96. The average Bonchev–Trinajstić information content (AvgIpc) is 2.17. The Bertz CT molecular complexity index is 256. The van der Waals surface area contributed by atoms with Gasteiger partial charge in [-0.25, -0.2) is 0 Å². The summed E-state index contributed by atoms with van der Waals surface area (Å²) < 4.78 is 0. The average molecular weight is 148 g/mol. The summed E-state index contributed by atoms with van der Waals surface area (Å²) in [5.41, 5.74) is 2.92. The Morgan fingerprint density at radius 3 is 2.64 bits per heavy atom. The molecule has 0 aromatic carbocycles. The number of hydrogen-bond acceptors (Lipinski definition) is 1. The summed E-state index contributed by atoms with van der Waals surface area (Å²) in [5, 5.41) is 0. The first kappa shape index (κ1) is 7.99. The van der Waals surface area contributed by atoms with E-state index in [9.17, 15) is 4.79 Å². The molecule has 58 valence electrons. The summed E-state index contributed by atoms with van der Waals surface area (Å²) in [6, 6.07) is 0. The van der Waals surface area contributed by atoms with Crippen LogP contribution >= 0.6 is 0 Å². The molecule has 0 bridgehead atoms. The molecule has 0 saturated heterocycles. The van der Waals surface area contributed by atoms with Gasteiger partial charge in [0.25, 0.3) is 0 Å². The summed E-state index contributed by atoms with van der Waals surface area (Å²) in [5.74, 6) is 0.215. The molecule has 0 heterocycles. The maximum absolute atomic E-state index is 11.2. The van der Waals surface area contributed by atoms with E-state index in [1.807, 2.05) is 6.92 Å². The predicted molar refractivity (Wildman–Crippen MR) is 46.3 cm³/mol. The predicted octanol–water partition coefficient (Wildman–Crippen LogP) is 2.41. The Kier molecular flexibility index (Phi) is 2.08. The summed E-state index contributed by atoms with van der Waals surface area (Å²) >= 11 is 0. The molecule has 1 aliphatic carbocycles. The van der Waals surface area contributed by atoms with E-state index in [4.69, 9.17) is 0 Å². The van der Waals surface area contributed by atoms with Gasteiger partial charge in [0.2, 0.25) is 0 Å². The fourth-order valence-corrected chi connectivity index (χ4v) is 1.27. The van der Waals surface area contributed by atoms with E-state index in [0.29, 0.717) is 12.8 Å². The summed E-state index contributed by atoms with van der Waals surface area (Å²) in [7, 11) is 0. The summed E-state index contributed by atoms with van der Waals surface area (Å²) in [6.45, 7) is 9.36. The lowest BCUT2D eigenvalue weighted by Gasteiger charge is -1.95. The Morgan fingerprint density at radius 2 is 2.27 bits per heavy atom. The highest BCUT2D eigenvalue weighted by atomic mass is 16.1. The molecule has 0 spiro atoms. The first-order valence-corrected chi connectivity index (χ1v) is 3.68. The Morgan fingerprint density at radius 1 is 1.64 bits per heavy atom. The minimum Gasteiger partial charge on any atom is -0.294 e. The van der Waals surface area contributed by atoms with Gasteiger partial charge in [-0.15, -0.1) is 6.58 Å². The van der Waals surface area contributed by atoms with Crippen molar-refractivity contribution in [1.82, 2.24) is 0 Å². The van der Waals surface area contributed by atoms with E-state index in [2.05, 4.69) is 13.2 Å². The molecule has 1 aliphatic rings. The molecule has 0 unspecified atom stereocenters. The SMILES string of the molecule is C=CCC1=C(C)C(=C)CC1=O. The van der Waals surface area contributed by atoms with Crippen LogP contribution in [0.5, 0.6) is 0 Å². The van der Waals surface area contributed by atoms with Gasteiger partial charge in [0.05, 0.1) is 0 Å². The second-order valence-corrected chi connectivity index (χ2v) is 2.80. The third-order valence-corrected chi connectivity index (χ3v) is 2.04.